The molecule has 1 heterocycles. The minimum Gasteiger partial charge on any atom is -0.369 e. The van der Waals surface area contributed by atoms with Crippen LogP contribution >= 0.6 is 11.3 Å². The number of nitrogens with one attached hydrogen (secondary N) is 1. The average molecular weight is 319 g/mol. The molecule has 0 aliphatic carbocycles. The Bertz CT molecular complexity index is 548. The van der Waals surface area contributed by atoms with Crippen LogP contribution in [0.3, 0.4) is 0 Å². The quantitative estimate of drug-likeness (QED) is 0.837. The van der Waals surface area contributed by atoms with Crippen LogP contribution < -0.4 is 4.72 Å². The van der Waals surface area contributed by atoms with Gasteiger partial charge in [0.2, 0.25) is 0 Å². The summed E-state index contributed by atoms with van der Waals surface area (Å²) in [5.41, 5.74) is 0. The molecule has 7 heteroatoms. The molecule has 20 heavy (non-hydrogen) atoms. The molecule has 1 unspecified atom stereocenters. The first kappa shape index (κ1) is 17.1. The molecular formula is C13H21NO4S2. The molecule has 0 bridgehead atoms. The van der Waals surface area contributed by atoms with E-state index in [0.717, 1.165) is 22.6 Å². The number of thiophene rings is 1. The SMILES string of the molecule is Cc1ccc(S(=O)(=O)NC(=O)C(C)OCCC(C)C)s1. The fraction of sp³-hybridized carbons (Fsp3) is 0.615. The Hall–Kier alpha value is -0.920. The van der Waals surface area contributed by atoms with Gasteiger partial charge in [-0.2, -0.15) is 0 Å². The molecule has 1 rings (SSSR count). The van der Waals surface area contributed by atoms with Crippen molar-refractivity contribution in [3.05, 3.63) is 17.0 Å². The maximum Gasteiger partial charge on any atom is 0.273 e. The van der Waals surface area contributed by atoms with Gasteiger partial charge in [-0.05, 0) is 38.3 Å². The van der Waals surface area contributed by atoms with E-state index < -0.39 is 22.0 Å². The van der Waals surface area contributed by atoms with Crippen LogP contribution in [0.1, 0.15) is 32.1 Å². The lowest BCUT2D eigenvalue weighted by Crippen LogP contribution is -2.38. The third-order valence-electron chi connectivity index (χ3n) is 2.65. The third-order valence-corrected chi connectivity index (χ3v) is 5.49. The molecule has 0 fully saturated rings. The molecule has 0 aliphatic heterocycles. The molecule has 5 nitrogen and oxygen atoms in total. The van der Waals surface area contributed by atoms with Gasteiger partial charge in [-0.3, -0.25) is 4.79 Å². The summed E-state index contributed by atoms with van der Waals surface area (Å²) >= 11 is 1.13. The Balaban J connectivity index is 2.56. The average Bonchev–Trinajstić information content (AvgIpc) is 2.75. The van der Waals surface area contributed by atoms with Gasteiger partial charge in [0.1, 0.15) is 10.3 Å². The molecule has 0 saturated carbocycles. The molecule has 114 valence electrons. The number of hydrogen-bond acceptors (Lipinski definition) is 5. The molecule has 0 aromatic carbocycles. The lowest BCUT2D eigenvalue weighted by molar-refractivity contribution is -0.130. The molecule has 1 atom stereocenters. The normalized spacial score (nSPS) is 13.4. The van der Waals surface area contributed by atoms with Gasteiger partial charge in [0, 0.05) is 11.5 Å². The van der Waals surface area contributed by atoms with Gasteiger partial charge in [-0.25, -0.2) is 13.1 Å². The fourth-order valence-electron chi connectivity index (χ4n) is 1.38. The van der Waals surface area contributed by atoms with Crippen molar-refractivity contribution in [3.63, 3.8) is 0 Å². The summed E-state index contributed by atoms with van der Waals surface area (Å²) in [5, 5.41) is 0. The zero-order chi connectivity index (χ0) is 15.3. The Morgan fingerprint density at radius 1 is 1.35 bits per heavy atom. The summed E-state index contributed by atoms with van der Waals surface area (Å²) in [6, 6.07) is 3.19. The molecule has 1 amide bonds. The van der Waals surface area contributed by atoms with Crippen molar-refractivity contribution >= 4 is 27.3 Å². The maximum absolute atomic E-state index is 12.0. The van der Waals surface area contributed by atoms with E-state index in [2.05, 4.69) is 13.8 Å². The number of hydrogen-bond donors (Lipinski definition) is 1. The Kier molecular flexibility index (Phi) is 6.16. The van der Waals surface area contributed by atoms with Crippen LogP contribution in [0.25, 0.3) is 0 Å². The first-order valence-electron chi connectivity index (χ1n) is 6.47. The third kappa shape index (κ3) is 5.22. The fourth-order valence-corrected chi connectivity index (χ4v) is 3.70. The predicted molar refractivity (Wildman–Crippen MR) is 79.3 cm³/mol. The van der Waals surface area contributed by atoms with E-state index in [4.69, 9.17) is 4.74 Å². The minimum atomic E-state index is -3.79. The van der Waals surface area contributed by atoms with Crippen molar-refractivity contribution in [1.29, 1.82) is 0 Å². The first-order valence-corrected chi connectivity index (χ1v) is 8.77. The molecule has 0 saturated heterocycles. The van der Waals surface area contributed by atoms with Gasteiger partial charge in [0.25, 0.3) is 15.9 Å². The standard InChI is InChI=1S/C13H21NO4S2/c1-9(2)7-8-18-11(4)13(15)14-20(16,17)12-6-5-10(3)19-12/h5-6,9,11H,7-8H2,1-4H3,(H,14,15). The van der Waals surface area contributed by atoms with Gasteiger partial charge in [0.05, 0.1) is 0 Å². The second-order valence-electron chi connectivity index (χ2n) is 5.03. The highest BCUT2D eigenvalue weighted by Crippen LogP contribution is 2.20. The van der Waals surface area contributed by atoms with Crippen molar-refractivity contribution in [2.24, 2.45) is 5.92 Å². The monoisotopic (exact) mass is 319 g/mol. The van der Waals surface area contributed by atoms with Crippen molar-refractivity contribution in [1.82, 2.24) is 4.72 Å². The molecule has 0 radical (unpaired) electrons. The van der Waals surface area contributed by atoms with E-state index in [1.165, 1.54) is 6.07 Å². The van der Waals surface area contributed by atoms with E-state index in [1.54, 1.807) is 13.0 Å². The second kappa shape index (κ2) is 7.19. The number of carbonyl (C=O) groups is 1. The maximum atomic E-state index is 12.0. The zero-order valence-electron chi connectivity index (χ0n) is 12.2. The summed E-state index contributed by atoms with van der Waals surface area (Å²) in [6.07, 6.45) is 0.0404. The minimum absolute atomic E-state index is 0.137. The van der Waals surface area contributed by atoms with Crippen molar-refractivity contribution < 1.29 is 17.9 Å². The Morgan fingerprint density at radius 2 is 2.00 bits per heavy atom. The van der Waals surface area contributed by atoms with Crippen LogP contribution in [0.15, 0.2) is 16.3 Å². The summed E-state index contributed by atoms with van der Waals surface area (Å²) in [5.74, 6) is -0.164. The topological polar surface area (TPSA) is 72.5 Å². The molecule has 1 N–H and O–H groups in total. The molecule has 1 aromatic rings. The Labute approximate surface area is 124 Å². The summed E-state index contributed by atoms with van der Waals surface area (Å²) in [7, 11) is -3.79. The van der Waals surface area contributed by atoms with Gasteiger partial charge >= 0.3 is 0 Å². The van der Waals surface area contributed by atoms with E-state index in [9.17, 15) is 13.2 Å². The number of amides is 1. The van der Waals surface area contributed by atoms with Gasteiger partial charge < -0.3 is 4.74 Å². The second-order valence-corrected chi connectivity index (χ2v) is 8.23. The summed E-state index contributed by atoms with van der Waals surface area (Å²) < 4.78 is 31.4. The number of ether oxygens (including phenoxy) is 1. The van der Waals surface area contributed by atoms with Gasteiger partial charge in [-0.15, -0.1) is 11.3 Å². The van der Waals surface area contributed by atoms with E-state index >= 15 is 0 Å². The Morgan fingerprint density at radius 3 is 2.50 bits per heavy atom. The van der Waals surface area contributed by atoms with Gasteiger partial charge in [-0.1, -0.05) is 13.8 Å². The van der Waals surface area contributed by atoms with Crippen LogP contribution in [-0.4, -0.2) is 27.0 Å². The van der Waals surface area contributed by atoms with E-state index in [0.29, 0.717) is 12.5 Å². The van der Waals surface area contributed by atoms with Crippen LogP contribution in [0.5, 0.6) is 0 Å². The largest absolute Gasteiger partial charge is 0.369 e. The highest BCUT2D eigenvalue weighted by molar-refractivity contribution is 7.92. The van der Waals surface area contributed by atoms with Crippen LogP contribution in [-0.2, 0) is 19.6 Å². The first-order chi connectivity index (χ1) is 9.22. The number of sulfonamides is 1. The summed E-state index contributed by atoms with van der Waals surface area (Å²) in [4.78, 5) is 12.7. The molecule has 1 aromatic heterocycles. The number of rotatable bonds is 7. The molecular weight excluding hydrogens is 298 g/mol. The van der Waals surface area contributed by atoms with Gasteiger partial charge in [0.15, 0.2) is 0 Å². The lowest BCUT2D eigenvalue weighted by atomic mass is 10.1. The van der Waals surface area contributed by atoms with Crippen molar-refractivity contribution in [2.75, 3.05) is 6.61 Å². The molecule has 0 spiro atoms. The van der Waals surface area contributed by atoms with E-state index in [1.807, 2.05) is 11.6 Å². The van der Waals surface area contributed by atoms with Crippen LogP contribution in [0.4, 0.5) is 0 Å². The molecule has 0 aliphatic rings. The van der Waals surface area contributed by atoms with Crippen molar-refractivity contribution in [3.8, 4) is 0 Å². The van der Waals surface area contributed by atoms with E-state index in [-0.39, 0.29) is 4.21 Å². The highest BCUT2D eigenvalue weighted by Gasteiger charge is 2.23. The number of carbonyl (C=O) groups excluding carboxylic acids is 1. The number of aryl methyl sites for hydroxylation is 1. The highest BCUT2D eigenvalue weighted by atomic mass is 32.2. The zero-order valence-corrected chi connectivity index (χ0v) is 13.8. The van der Waals surface area contributed by atoms with Crippen LogP contribution in [0.2, 0.25) is 0 Å². The van der Waals surface area contributed by atoms with Crippen molar-refractivity contribution in [2.45, 2.75) is 44.4 Å². The summed E-state index contributed by atoms with van der Waals surface area (Å²) in [6.45, 7) is 7.90. The van der Waals surface area contributed by atoms with Crippen LogP contribution in [0, 0.1) is 12.8 Å². The lowest BCUT2D eigenvalue weighted by Gasteiger charge is -2.13. The smallest absolute Gasteiger partial charge is 0.273 e. The predicted octanol–water partition coefficient (Wildman–Crippen LogP) is 2.31.